The standard InChI is InChI=1S/C16H18ClN3O/c17-14-7-8-16(20-18)19-15(14)10-21-13-6-5-11-3-1-2-4-12(11)9-13/h5-9H,1-4,10,18H2,(H,19,20). The van der Waals surface area contributed by atoms with Gasteiger partial charge in [0.2, 0.25) is 0 Å². The van der Waals surface area contributed by atoms with E-state index in [1.165, 1.54) is 30.4 Å². The second-order valence-corrected chi connectivity index (χ2v) is 5.60. The van der Waals surface area contributed by atoms with Crippen molar-refractivity contribution in [1.82, 2.24) is 4.98 Å². The zero-order valence-electron chi connectivity index (χ0n) is 11.7. The number of nitrogens with two attached hydrogens (primary N) is 1. The Morgan fingerprint density at radius 3 is 2.76 bits per heavy atom. The minimum absolute atomic E-state index is 0.327. The van der Waals surface area contributed by atoms with Crippen LogP contribution in [0.3, 0.4) is 0 Å². The van der Waals surface area contributed by atoms with E-state index in [0.717, 1.165) is 12.2 Å². The Kier molecular flexibility index (Phi) is 4.27. The number of benzene rings is 1. The van der Waals surface area contributed by atoms with Crippen LogP contribution in [-0.2, 0) is 19.4 Å². The zero-order valence-corrected chi connectivity index (χ0v) is 12.5. The van der Waals surface area contributed by atoms with Crippen LogP contribution >= 0.6 is 11.6 Å². The van der Waals surface area contributed by atoms with Gasteiger partial charge in [-0.3, -0.25) is 0 Å². The van der Waals surface area contributed by atoms with Gasteiger partial charge < -0.3 is 10.2 Å². The molecule has 0 amide bonds. The predicted molar refractivity (Wildman–Crippen MR) is 84.5 cm³/mol. The first-order chi connectivity index (χ1) is 10.3. The Hall–Kier alpha value is -1.78. The fourth-order valence-corrected chi connectivity index (χ4v) is 2.78. The van der Waals surface area contributed by atoms with Crippen LogP contribution in [0.5, 0.6) is 5.75 Å². The Balaban J connectivity index is 1.73. The number of nitrogens with one attached hydrogen (secondary N) is 1. The number of fused-ring (bicyclic) bond motifs is 1. The van der Waals surface area contributed by atoms with Crippen molar-refractivity contribution < 1.29 is 4.74 Å². The molecule has 3 N–H and O–H groups in total. The molecule has 0 saturated carbocycles. The Morgan fingerprint density at radius 1 is 1.14 bits per heavy atom. The van der Waals surface area contributed by atoms with Crippen LogP contribution < -0.4 is 16.0 Å². The van der Waals surface area contributed by atoms with E-state index < -0.39 is 0 Å². The summed E-state index contributed by atoms with van der Waals surface area (Å²) in [7, 11) is 0. The molecule has 0 unspecified atom stereocenters. The van der Waals surface area contributed by atoms with Gasteiger partial charge in [0.1, 0.15) is 18.2 Å². The smallest absolute Gasteiger partial charge is 0.140 e. The van der Waals surface area contributed by atoms with Crippen molar-refractivity contribution >= 4 is 17.4 Å². The average molecular weight is 304 g/mol. The molecule has 0 spiro atoms. The van der Waals surface area contributed by atoms with E-state index in [9.17, 15) is 0 Å². The highest BCUT2D eigenvalue weighted by atomic mass is 35.5. The maximum absolute atomic E-state index is 6.12. The lowest BCUT2D eigenvalue weighted by Gasteiger charge is -2.17. The highest BCUT2D eigenvalue weighted by Gasteiger charge is 2.10. The van der Waals surface area contributed by atoms with Gasteiger partial charge in [-0.1, -0.05) is 17.7 Å². The van der Waals surface area contributed by atoms with E-state index in [1.807, 2.05) is 6.07 Å². The minimum Gasteiger partial charge on any atom is -0.487 e. The number of anilines is 1. The number of pyridine rings is 1. The Bertz CT molecular complexity index is 645. The summed E-state index contributed by atoms with van der Waals surface area (Å²) >= 11 is 6.12. The molecule has 5 heteroatoms. The van der Waals surface area contributed by atoms with Gasteiger partial charge in [0, 0.05) is 0 Å². The van der Waals surface area contributed by atoms with E-state index in [-0.39, 0.29) is 0 Å². The van der Waals surface area contributed by atoms with Gasteiger partial charge in [-0.05, 0) is 61.1 Å². The molecule has 110 valence electrons. The maximum atomic E-state index is 6.12. The van der Waals surface area contributed by atoms with E-state index in [2.05, 4.69) is 22.5 Å². The molecule has 0 saturated heterocycles. The molecule has 0 bridgehead atoms. The number of nitrogens with zero attached hydrogens (tertiary/aromatic N) is 1. The van der Waals surface area contributed by atoms with Crippen molar-refractivity contribution in [1.29, 1.82) is 0 Å². The van der Waals surface area contributed by atoms with Crippen LogP contribution in [0.2, 0.25) is 5.02 Å². The highest BCUT2D eigenvalue weighted by molar-refractivity contribution is 6.31. The summed E-state index contributed by atoms with van der Waals surface area (Å²) in [5.41, 5.74) is 6.02. The highest BCUT2D eigenvalue weighted by Crippen LogP contribution is 2.26. The van der Waals surface area contributed by atoms with Crippen LogP contribution in [-0.4, -0.2) is 4.98 Å². The lowest BCUT2D eigenvalue weighted by molar-refractivity contribution is 0.301. The summed E-state index contributed by atoms with van der Waals surface area (Å²) in [6, 6.07) is 9.80. The topological polar surface area (TPSA) is 60.2 Å². The molecular weight excluding hydrogens is 286 g/mol. The third kappa shape index (κ3) is 3.28. The monoisotopic (exact) mass is 303 g/mol. The van der Waals surface area contributed by atoms with Crippen LogP contribution in [0.15, 0.2) is 30.3 Å². The molecule has 2 aromatic rings. The number of aryl methyl sites for hydroxylation is 2. The summed E-state index contributed by atoms with van der Waals surface area (Å²) in [6.07, 6.45) is 4.85. The van der Waals surface area contributed by atoms with Crippen molar-refractivity contribution in [3.8, 4) is 5.75 Å². The summed E-state index contributed by atoms with van der Waals surface area (Å²) in [6.45, 7) is 0.327. The van der Waals surface area contributed by atoms with Gasteiger partial charge in [-0.25, -0.2) is 10.8 Å². The molecule has 1 aliphatic rings. The zero-order chi connectivity index (χ0) is 14.7. The first-order valence-corrected chi connectivity index (χ1v) is 7.51. The Labute approximate surface area is 129 Å². The predicted octanol–water partition coefficient (Wildman–Crippen LogP) is 3.48. The molecule has 4 nitrogen and oxygen atoms in total. The van der Waals surface area contributed by atoms with Gasteiger partial charge in [0.25, 0.3) is 0 Å². The van der Waals surface area contributed by atoms with Crippen molar-refractivity contribution in [2.24, 2.45) is 5.84 Å². The van der Waals surface area contributed by atoms with E-state index in [1.54, 1.807) is 12.1 Å². The minimum atomic E-state index is 0.327. The van der Waals surface area contributed by atoms with Gasteiger partial charge in [-0.2, -0.15) is 0 Å². The van der Waals surface area contributed by atoms with Gasteiger partial charge in [0.15, 0.2) is 0 Å². The first kappa shape index (κ1) is 14.2. The number of halogens is 1. The normalized spacial score (nSPS) is 13.6. The largest absolute Gasteiger partial charge is 0.487 e. The van der Waals surface area contributed by atoms with E-state index in [4.69, 9.17) is 22.2 Å². The summed E-state index contributed by atoms with van der Waals surface area (Å²) in [4.78, 5) is 4.30. The quantitative estimate of drug-likeness (QED) is 0.670. The number of hydrazine groups is 1. The SMILES string of the molecule is NNc1ccc(Cl)c(COc2ccc3c(c2)CCCC3)n1. The maximum Gasteiger partial charge on any atom is 0.140 e. The molecule has 1 aromatic carbocycles. The number of aromatic nitrogens is 1. The molecule has 3 rings (SSSR count). The third-order valence-electron chi connectivity index (χ3n) is 3.76. The molecular formula is C16H18ClN3O. The molecule has 21 heavy (non-hydrogen) atoms. The van der Waals surface area contributed by atoms with Gasteiger partial charge in [-0.15, -0.1) is 0 Å². The van der Waals surface area contributed by atoms with Gasteiger partial charge >= 0.3 is 0 Å². The average Bonchev–Trinajstić information content (AvgIpc) is 2.54. The lowest BCUT2D eigenvalue weighted by atomic mass is 9.92. The first-order valence-electron chi connectivity index (χ1n) is 7.13. The van der Waals surface area contributed by atoms with Crippen molar-refractivity contribution in [3.63, 3.8) is 0 Å². The number of rotatable bonds is 4. The number of ether oxygens (including phenoxy) is 1. The number of hydrogen-bond acceptors (Lipinski definition) is 4. The van der Waals surface area contributed by atoms with Crippen LogP contribution in [0.25, 0.3) is 0 Å². The summed E-state index contributed by atoms with van der Waals surface area (Å²) in [5, 5.41) is 0.576. The fourth-order valence-electron chi connectivity index (χ4n) is 2.62. The second kappa shape index (κ2) is 6.33. The van der Waals surface area contributed by atoms with Crippen molar-refractivity contribution in [3.05, 3.63) is 52.2 Å². The summed E-state index contributed by atoms with van der Waals surface area (Å²) in [5.74, 6) is 6.79. The van der Waals surface area contributed by atoms with Crippen LogP contribution in [0.4, 0.5) is 5.82 Å². The lowest BCUT2D eigenvalue weighted by Crippen LogP contribution is -2.10. The molecule has 1 aliphatic carbocycles. The second-order valence-electron chi connectivity index (χ2n) is 5.20. The molecule has 0 radical (unpaired) electrons. The third-order valence-corrected chi connectivity index (χ3v) is 4.11. The summed E-state index contributed by atoms with van der Waals surface area (Å²) < 4.78 is 5.82. The van der Waals surface area contributed by atoms with Crippen molar-refractivity contribution in [2.45, 2.75) is 32.3 Å². The number of hydrogen-bond donors (Lipinski definition) is 2. The molecule has 0 aliphatic heterocycles. The number of nitrogen functional groups attached to an aromatic ring is 1. The van der Waals surface area contributed by atoms with Crippen LogP contribution in [0, 0.1) is 0 Å². The Morgan fingerprint density at radius 2 is 1.95 bits per heavy atom. The molecule has 0 fully saturated rings. The fraction of sp³-hybridized carbons (Fsp3) is 0.312. The molecule has 1 heterocycles. The van der Waals surface area contributed by atoms with Gasteiger partial charge in [0.05, 0.1) is 10.7 Å². The van der Waals surface area contributed by atoms with E-state index >= 15 is 0 Å². The van der Waals surface area contributed by atoms with Crippen LogP contribution in [0.1, 0.15) is 29.7 Å². The molecule has 0 atom stereocenters. The molecule has 1 aromatic heterocycles. The van der Waals surface area contributed by atoms with E-state index in [0.29, 0.717) is 23.1 Å². The van der Waals surface area contributed by atoms with Crippen molar-refractivity contribution in [2.75, 3.05) is 5.43 Å².